The van der Waals surface area contributed by atoms with E-state index in [1.54, 1.807) is 0 Å². The molecule has 3 rings (SSSR count). The standard InChI is InChI=1S/C12H16BNO2/c15-13-4-3-10-1-2-11(9-12(10)13)14-5-7-16-8-6-14/h1-2,9,15H,3-8H2. The Morgan fingerprint density at radius 3 is 2.88 bits per heavy atom. The molecule has 0 bridgehead atoms. The van der Waals surface area contributed by atoms with Crippen molar-refractivity contribution in [3.05, 3.63) is 23.8 Å². The third-order valence-electron chi connectivity index (χ3n) is 3.55. The van der Waals surface area contributed by atoms with Gasteiger partial charge >= 0.3 is 6.92 Å². The van der Waals surface area contributed by atoms with Gasteiger partial charge in [0, 0.05) is 18.8 Å². The number of rotatable bonds is 1. The zero-order valence-electron chi connectivity index (χ0n) is 9.35. The van der Waals surface area contributed by atoms with Crippen LogP contribution in [0, 0.1) is 0 Å². The van der Waals surface area contributed by atoms with Crippen LogP contribution in [0.25, 0.3) is 0 Å². The van der Waals surface area contributed by atoms with Crippen LogP contribution >= 0.6 is 0 Å². The molecule has 0 spiro atoms. The van der Waals surface area contributed by atoms with Crippen molar-refractivity contribution >= 4 is 18.1 Å². The number of benzene rings is 1. The van der Waals surface area contributed by atoms with Crippen LogP contribution in [-0.4, -0.2) is 38.2 Å². The Balaban J connectivity index is 1.88. The van der Waals surface area contributed by atoms with E-state index < -0.39 is 0 Å². The molecular weight excluding hydrogens is 201 g/mol. The van der Waals surface area contributed by atoms with Gasteiger partial charge in [0.2, 0.25) is 0 Å². The average Bonchev–Trinajstić information content (AvgIpc) is 2.72. The number of ether oxygens (including phenoxy) is 1. The van der Waals surface area contributed by atoms with E-state index in [1.807, 2.05) is 0 Å². The first kappa shape index (κ1) is 10.2. The first-order valence-corrected chi connectivity index (χ1v) is 5.98. The summed E-state index contributed by atoms with van der Waals surface area (Å²) < 4.78 is 5.34. The van der Waals surface area contributed by atoms with E-state index >= 15 is 0 Å². The summed E-state index contributed by atoms with van der Waals surface area (Å²) >= 11 is 0. The van der Waals surface area contributed by atoms with E-state index in [0.29, 0.717) is 0 Å². The van der Waals surface area contributed by atoms with Crippen LogP contribution in [0.15, 0.2) is 18.2 Å². The van der Waals surface area contributed by atoms with Gasteiger partial charge in [0.15, 0.2) is 0 Å². The zero-order valence-corrected chi connectivity index (χ0v) is 9.35. The maximum Gasteiger partial charge on any atom is 0.324 e. The number of fused-ring (bicyclic) bond motifs is 1. The highest BCUT2D eigenvalue weighted by molar-refractivity contribution is 6.68. The Hall–Kier alpha value is -0.995. The van der Waals surface area contributed by atoms with Crippen LogP contribution in [0.4, 0.5) is 5.69 Å². The largest absolute Gasteiger partial charge is 0.446 e. The minimum atomic E-state index is -0.254. The van der Waals surface area contributed by atoms with E-state index in [0.717, 1.165) is 44.5 Å². The second-order valence-electron chi connectivity index (χ2n) is 4.54. The molecule has 2 aliphatic rings. The quantitative estimate of drug-likeness (QED) is 0.685. The molecule has 0 radical (unpaired) electrons. The highest BCUT2D eigenvalue weighted by Gasteiger charge is 2.25. The van der Waals surface area contributed by atoms with Crippen LogP contribution in [-0.2, 0) is 11.2 Å². The van der Waals surface area contributed by atoms with Gasteiger partial charge in [-0.3, -0.25) is 0 Å². The van der Waals surface area contributed by atoms with Gasteiger partial charge in [-0.2, -0.15) is 0 Å². The third kappa shape index (κ3) is 1.72. The first-order chi connectivity index (χ1) is 7.84. The topological polar surface area (TPSA) is 32.7 Å². The van der Waals surface area contributed by atoms with Crippen LogP contribution in [0.2, 0.25) is 6.32 Å². The molecular formula is C12H16BNO2. The number of morpholine rings is 1. The molecule has 1 N–H and O–H groups in total. The van der Waals surface area contributed by atoms with E-state index in [-0.39, 0.29) is 6.92 Å². The lowest BCUT2D eigenvalue weighted by Gasteiger charge is -2.29. The third-order valence-corrected chi connectivity index (χ3v) is 3.55. The van der Waals surface area contributed by atoms with Crippen LogP contribution in [0.1, 0.15) is 5.56 Å². The van der Waals surface area contributed by atoms with Crippen molar-refractivity contribution in [3.63, 3.8) is 0 Å². The Morgan fingerprint density at radius 1 is 1.25 bits per heavy atom. The molecule has 0 aliphatic carbocycles. The minimum absolute atomic E-state index is 0.254. The Morgan fingerprint density at radius 2 is 2.06 bits per heavy atom. The van der Waals surface area contributed by atoms with Gasteiger partial charge in [-0.15, -0.1) is 0 Å². The highest BCUT2D eigenvalue weighted by Crippen LogP contribution is 2.20. The molecule has 3 nitrogen and oxygen atoms in total. The summed E-state index contributed by atoms with van der Waals surface area (Å²) in [6.45, 7) is 3.26. The maximum absolute atomic E-state index is 9.86. The first-order valence-electron chi connectivity index (χ1n) is 5.98. The fourth-order valence-corrected chi connectivity index (χ4v) is 2.59. The number of nitrogens with zero attached hydrogens (tertiary/aromatic N) is 1. The van der Waals surface area contributed by atoms with Gasteiger partial charge in [-0.1, -0.05) is 11.6 Å². The van der Waals surface area contributed by atoms with Gasteiger partial charge in [-0.05, 0) is 30.3 Å². The fourth-order valence-electron chi connectivity index (χ4n) is 2.59. The maximum atomic E-state index is 9.86. The molecule has 1 aromatic rings. The summed E-state index contributed by atoms with van der Waals surface area (Å²) in [6.07, 6.45) is 1.89. The van der Waals surface area contributed by atoms with Crippen molar-refractivity contribution in [1.29, 1.82) is 0 Å². The van der Waals surface area contributed by atoms with Crippen molar-refractivity contribution in [1.82, 2.24) is 0 Å². The molecule has 0 atom stereocenters. The SMILES string of the molecule is OB1CCc2ccc(N3CCOCC3)cc21. The predicted octanol–water partition coefficient (Wildman–Crippen LogP) is 0.270. The van der Waals surface area contributed by atoms with Crippen molar-refractivity contribution in [2.24, 2.45) is 0 Å². The molecule has 0 unspecified atom stereocenters. The smallest absolute Gasteiger partial charge is 0.324 e. The molecule has 2 heterocycles. The van der Waals surface area contributed by atoms with Crippen molar-refractivity contribution in [3.8, 4) is 0 Å². The summed E-state index contributed by atoms with van der Waals surface area (Å²) in [5, 5.41) is 9.86. The number of hydrogen-bond acceptors (Lipinski definition) is 3. The lowest BCUT2D eigenvalue weighted by atomic mass is 9.63. The van der Waals surface area contributed by atoms with Crippen LogP contribution < -0.4 is 10.4 Å². The minimum Gasteiger partial charge on any atom is -0.446 e. The Bertz CT molecular complexity index is 391. The molecule has 0 saturated carbocycles. The lowest BCUT2D eigenvalue weighted by molar-refractivity contribution is 0.122. The monoisotopic (exact) mass is 217 g/mol. The number of anilines is 1. The van der Waals surface area contributed by atoms with Gasteiger partial charge in [0.25, 0.3) is 0 Å². The number of hydrogen-bond donors (Lipinski definition) is 1. The summed E-state index contributed by atoms with van der Waals surface area (Å²) in [4.78, 5) is 2.33. The summed E-state index contributed by atoms with van der Waals surface area (Å²) in [6, 6.07) is 6.48. The van der Waals surface area contributed by atoms with E-state index in [4.69, 9.17) is 4.74 Å². The second kappa shape index (κ2) is 4.11. The predicted molar refractivity (Wildman–Crippen MR) is 65.6 cm³/mol. The Kier molecular flexibility index (Phi) is 2.61. The molecule has 0 amide bonds. The molecule has 16 heavy (non-hydrogen) atoms. The molecule has 0 aromatic heterocycles. The van der Waals surface area contributed by atoms with E-state index in [9.17, 15) is 5.02 Å². The van der Waals surface area contributed by atoms with Crippen molar-refractivity contribution in [2.45, 2.75) is 12.7 Å². The molecule has 4 heteroatoms. The normalized spacial score (nSPS) is 20.1. The van der Waals surface area contributed by atoms with Crippen molar-refractivity contribution in [2.75, 3.05) is 31.2 Å². The molecule has 84 valence electrons. The van der Waals surface area contributed by atoms with Gasteiger partial charge in [0.1, 0.15) is 0 Å². The molecule has 1 fully saturated rings. The zero-order chi connectivity index (χ0) is 11.0. The fraction of sp³-hybridized carbons (Fsp3) is 0.500. The second-order valence-corrected chi connectivity index (χ2v) is 4.54. The average molecular weight is 217 g/mol. The van der Waals surface area contributed by atoms with Crippen molar-refractivity contribution < 1.29 is 9.76 Å². The number of aryl methyl sites for hydroxylation is 1. The highest BCUT2D eigenvalue weighted by atomic mass is 16.5. The molecule has 1 saturated heterocycles. The lowest BCUT2D eigenvalue weighted by Crippen LogP contribution is -2.37. The van der Waals surface area contributed by atoms with E-state index in [1.165, 1.54) is 11.3 Å². The summed E-state index contributed by atoms with van der Waals surface area (Å²) in [7, 11) is 0. The summed E-state index contributed by atoms with van der Waals surface area (Å²) in [5.74, 6) is 0. The van der Waals surface area contributed by atoms with Gasteiger partial charge in [-0.25, -0.2) is 0 Å². The van der Waals surface area contributed by atoms with Crippen LogP contribution in [0.5, 0.6) is 0 Å². The van der Waals surface area contributed by atoms with Crippen LogP contribution in [0.3, 0.4) is 0 Å². The van der Waals surface area contributed by atoms with Gasteiger partial charge < -0.3 is 14.7 Å². The Labute approximate surface area is 96.1 Å². The van der Waals surface area contributed by atoms with E-state index in [2.05, 4.69) is 23.1 Å². The summed E-state index contributed by atoms with van der Waals surface area (Å²) in [5.41, 5.74) is 3.66. The molecule has 2 aliphatic heterocycles. The van der Waals surface area contributed by atoms with Gasteiger partial charge in [0.05, 0.1) is 13.2 Å². The molecule has 1 aromatic carbocycles.